The van der Waals surface area contributed by atoms with Crippen molar-refractivity contribution in [2.45, 2.75) is 57.9 Å². The number of nitrogens with one attached hydrogen (secondary N) is 1. The summed E-state index contributed by atoms with van der Waals surface area (Å²) in [5.41, 5.74) is -1.42. The van der Waals surface area contributed by atoms with Gasteiger partial charge >= 0.3 is 6.18 Å². The van der Waals surface area contributed by atoms with Crippen molar-refractivity contribution in [2.75, 3.05) is 24.5 Å². The predicted octanol–water partition coefficient (Wildman–Crippen LogP) is 2.56. The van der Waals surface area contributed by atoms with Gasteiger partial charge in [-0.1, -0.05) is 11.3 Å². The van der Waals surface area contributed by atoms with Crippen molar-refractivity contribution in [3.63, 3.8) is 0 Å². The number of thiazole rings is 1. The zero-order valence-corrected chi connectivity index (χ0v) is 15.7. The summed E-state index contributed by atoms with van der Waals surface area (Å²) < 4.78 is 39.6. The number of rotatable bonds is 2. The lowest BCUT2D eigenvalue weighted by molar-refractivity contribution is -0.217. The topological polar surface area (TPSA) is 48.5 Å². The molecule has 2 saturated heterocycles. The van der Waals surface area contributed by atoms with E-state index >= 15 is 0 Å². The Balaban J connectivity index is 1.53. The largest absolute Gasteiger partial charge is 0.402 e. The van der Waals surface area contributed by atoms with Gasteiger partial charge in [-0.2, -0.15) is 13.2 Å². The second kappa shape index (κ2) is 6.09. The van der Waals surface area contributed by atoms with Gasteiger partial charge in [-0.25, -0.2) is 4.98 Å². The Bertz CT molecular complexity index is 701. The number of fused-ring (bicyclic) bond motifs is 3. The maximum Gasteiger partial charge on any atom is 0.402 e. The van der Waals surface area contributed by atoms with Crippen LogP contribution in [0, 0.1) is 5.41 Å². The van der Waals surface area contributed by atoms with Gasteiger partial charge in [0.25, 0.3) is 0 Å². The van der Waals surface area contributed by atoms with Gasteiger partial charge in [0, 0.05) is 43.0 Å². The molecule has 0 radical (unpaired) electrons. The van der Waals surface area contributed by atoms with Gasteiger partial charge in [-0.15, -0.1) is 0 Å². The van der Waals surface area contributed by atoms with Crippen LogP contribution in [0.4, 0.5) is 18.3 Å². The molecule has 0 aromatic carbocycles. The number of carbonyl (C=O) groups excluding carboxylic acids is 1. The first-order valence-electron chi connectivity index (χ1n) is 9.02. The molecule has 26 heavy (non-hydrogen) atoms. The van der Waals surface area contributed by atoms with Gasteiger partial charge in [0.05, 0.1) is 12.2 Å². The quantitative estimate of drug-likeness (QED) is 0.846. The fourth-order valence-electron chi connectivity index (χ4n) is 4.07. The molecule has 4 heterocycles. The zero-order valence-electron chi connectivity index (χ0n) is 14.9. The Morgan fingerprint density at radius 1 is 1.23 bits per heavy atom. The molecule has 0 aliphatic carbocycles. The maximum atomic E-state index is 13.2. The first-order valence-corrected chi connectivity index (χ1v) is 9.84. The van der Waals surface area contributed by atoms with Gasteiger partial charge in [0.15, 0.2) is 5.13 Å². The van der Waals surface area contributed by atoms with E-state index < -0.39 is 17.5 Å². The van der Waals surface area contributed by atoms with Gasteiger partial charge in [-0.3, -0.25) is 4.79 Å². The maximum absolute atomic E-state index is 13.2. The van der Waals surface area contributed by atoms with Crippen molar-refractivity contribution >= 4 is 22.4 Å². The average Bonchev–Trinajstić information content (AvgIpc) is 3.09. The highest BCUT2D eigenvalue weighted by molar-refractivity contribution is 7.15. The molecule has 1 aromatic heterocycles. The number of nitrogens with zero attached hydrogens (tertiary/aromatic N) is 3. The summed E-state index contributed by atoms with van der Waals surface area (Å²) in [6.45, 7) is 4.34. The molecule has 1 N–H and O–H groups in total. The van der Waals surface area contributed by atoms with Crippen LogP contribution in [0.25, 0.3) is 0 Å². The minimum Gasteiger partial charge on any atom is -0.340 e. The summed E-state index contributed by atoms with van der Waals surface area (Å²) in [5.74, 6) is -0.854. The molecular weight excluding hydrogens is 365 g/mol. The van der Waals surface area contributed by atoms with Crippen LogP contribution < -0.4 is 10.2 Å². The Kier molecular flexibility index (Phi) is 4.22. The number of alkyl halides is 3. The van der Waals surface area contributed by atoms with E-state index in [-0.39, 0.29) is 6.54 Å². The molecule has 1 amide bonds. The van der Waals surface area contributed by atoms with Crippen LogP contribution in [0.2, 0.25) is 0 Å². The standard InChI is InChI=1S/C17H23F3N4OS/c1-16(2,17(18,19)20)14(25)23-6-5-12-13(9-23)26-15(22-12)24-10-3-4-11(24)8-21-7-10/h10-11,21H,3-9H2,1-2H3. The van der Waals surface area contributed by atoms with Crippen molar-refractivity contribution in [3.8, 4) is 0 Å². The van der Waals surface area contributed by atoms with E-state index in [1.54, 1.807) is 11.3 Å². The lowest BCUT2D eigenvalue weighted by Gasteiger charge is -2.35. The molecule has 9 heteroatoms. The molecule has 2 unspecified atom stereocenters. The highest BCUT2D eigenvalue weighted by atomic mass is 32.1. The Labute approximate surface area is 154 Å². The molecule has 0 spiro atoms. The van der Waals surface area contributed by atoms with Gasteiger partial charge in [0.2, 0.25) is 5.91 Å². The third kappa shape index (κ3) is 2.79. The van der Waals surface area contributed by atoms with E-state index in [9.17, 15) is 18.0 Å². The molecule has 3 aliphatic rings. The SMILES string of the molecule is CC(C)(C(=O)N1CCc2nc(N3C4CCC3CNC4)sc2C1)C(F)(F)F. The minimum absolute atomic E-state index is 0.229. The number of halogens is 3. The van der Waals surface area contributed by atoms with E-state index in [0.29, 0.717) is 25.0 Å². The third-order valence-electron chi connectivity index (χ3n) is 5.85. The summed E-state index contributed by atoms with van der Waals surface area (Å²) in [4.78, 5) is 21.9. The van der Waals surface area contributed by atoms with Crippen molar-refractivity contribution in [2.24, 2.45) is 5.41 Å². The summed E-state index contributed by atoms with van der Waals surface area (Å²) in [6.07, 6.45) is -1.74. The number of aromatic nitrogens is 1. The highest BCUT2D eigenvalue weighted by Crippen LogP contribution is 2.41. The van der Waals surface area contributed by atoms with Gasteiger partial charge in [0.1, 0.15) is 5.41 Å². The molecule has 0 saturated carbocycles. The van der Waals surface area contributed by atoms with Gasteiger partial charge in [-0.05, 0) is 26.7 Å². The fraction of sp³-hybridized carbons (Fsp3) is 0.765. The van der Waals surface area contributed by atoms with Crippen LogP contribution in [-0.2, 0) is 17.8 Å². The van der Waals surface area contributed by atoms with Gasteiger partial charge < -0.3 is 15.1 Å². The molecule has 2 fully saturated rings. The van der Waals surface area contributed by atoms with Crippen LogP contribution in [0.1, 0.15) is 37.3 Å². The molecule has 2 bridgehead atoms. The van der Waals surface area contributed by atoms with Crippen molar-refractivity contribution < 1.29 is 18.0 Å². The van der Waals surface area contributed by atoms with Crippen LogP contribution in [0.5, 0.6) is 0 Å². The first-order chi connectivity index (χ1) is 12.2. The van der Waals surface area contributed by atoms with Crippen molar-refractivity contribution in [3.05, 3.63) is 10.6 Å². The smallest absolute Gasteiger partial charge is 0.340 e. The molecule has 144 valence electrons. The van der Waals surface area contributed by atoms with Crippen molar-refractivity contribution in [1.82, 2.24) is 15.2 Å². The Hall–Kier alpha value is -1.35. The normalized spacial score (nSPS) is 26.2. The molecule has 3 aliphatic heterocycles. The monoisotopic (exact) mass is 388 g/mol. The molecular formula is C17H23F3N4OS. The molecule has 4 rings (SSSR count). The van der Waals surface area contributed by atoms with E-state index in [0.717, 1.165) is 55.5 Å². The highest BCUT2D eigenvalue weighted by Gasteiger charge is 2.54. The summed E-state index contributed by atoms with van der Waals surface area (Å²) in [6, 6.07) is 0.895. The number of piperazine rings is 1. The third-order valence-corrected chi connectivity index (χ3v) is 6.95. The average molecular weight is 388 g/mol. The Morgan fingerprint density at radius 3 is 2.50 bits per heavy atom. The lowest BCUT2D eigenvalue weighted by atomic mass is 9.90. The van der Waals surface area contributed by atoms with Crippen LogP contribution in [0.15, 0.2) is 0 Å². The number of amides is 1. The van der Waals surface area contributed by atoms with Crippen LogP contribution in [-0.4, -0.2) is 53.7 Å². The summed E-state index contributed by atoms with van der Waals surface area (Å²) in [7, 11) is 0. The second-order valence-corrected chi connectivity index (χ2v) is 8.98. The summed E-state index contributed by atoms with van der Waals surface area (Å²) in [5, 5.41) is 4.40. The van der Waals surface area contributed by atoms with Crippen LogP contribution >= 0.6 is 11.3 Å². The number of carbonyl (C=O) groups is 1. The number of hydrogen-bond donors (Lipinski definition) is 1. The zero-order chi connectivity index (χ0) is 18.7. The minimum atomic E-state index is -4.55. The van der Waals surface area contributed by atoms with E-state index in [2.05, 4.69) is 10.2 Å². The fourth-order valence-corrected chi connectivity index (χ4v) is 5.34. The molecule has 5 nitrogen and oxygen atoms in total. The second-order valence-electron chi connectivity index (χ2n) is 7.92. The van der Waals surface area contributed by atoms with Crippen LogP contribution in [0.3, 0.4) is 0 Å². The molecule has 1 aromatic rings. The van der Waals surface area contributed by atoms with E-state index in [1.807, 2.05) is 0 Å². The number of hydrogen-bond acceptors (Lipinski definition) is 5. The van der Waals surface area contributed by atoms with E-state index in [1.165, 1.54) is 4.90 Å². The number of anilines is 1. The predicted molar refractivity (Wildman–Crippen MR) is 93.2 cm³/mol. The molecule has 2 atom stereocenters. The lowest BCUT2D eigenvalue weighted by Crippen LogP contribution is -2.51. The Morgan fingerprint density at radius 2 is 1.88 bits per heavy atom. The van der Waals surface area contributed by atoms with Crippen molar-refractivity contribution in [1.29, 1.82) is 0 Å². The van der Waals surface area contributed by atoms with E-state index in [4.69, 9.17) is 4.98 Å². The first kappa shape index (κ1) is 18.0. The summed E-state index contributed by atoms with van der Waals surface area (Å²) >= 11 is 1.54.